The number of nitrogens with zero attached hydrogens (tertiary/aromatic N) is 2. The van der Waals surface area contributed by atoms with Crippen LogP contribution in [0.5, 0.6) is 0 Å². The van der Waals surface area contributed by atoms with Gasteiger partial charge in [0, 0.05) is 18.7 Å². The standard InChI is InChI=1S/C31H31N3O3/c1-2-3-19-34-29(36)31(32-30(34)37,18-15-23-9-5-4-6-10-23)27-16-20-33(21-17-27)28(35)26-14-13-24-11-7-8-12-25(24)22-26/h4-14,22,27H,15-21H2,1H3,(H,32,37). The van der Waals surface area contributed by atoms with E-state index in [1.165, 1.54) is 4.90 Å². The van der Waals surface area contributed by atoms with Gasteiger partial charge < -0.3 is 10.2 Å². The van der Waals surface area contributed by atoms with Crippen molar-refractivity contribution >= 4 is 28.6 Å². The largest absolute Gasteiger partial charge is 0.339 e. The van der Waals surface area contributed by atoms with Crippen LogP contribution in [0.15, 0.2) is 72.8 Å². The smallest absolute Gasteiger partial charge is 0.325 e. The molecule has 2 aliphatic rings. The molecular weight excluding hydrogens is 462 g/mol. The third-order valence-electron chi connectivity index (χ3n) is 7.74. The van der Waals surface area contributed by atoms with Gasteiger partial charge in [-0.15, -0.1) is 5.92 Å². The van der Waals surface area contributed by atoms with Crippen LogP contribution >= 0.6 is 0 Å². The van der Waals surface area contributed by atoms with Crippen molar-refractivity contribution in [2.75, 3.05) is 19.6 Å². The van der Waals surface area contributed by atoms with Gasteiger partial charge in [0.05, 0.1) is 6.54 Å². The number of carbonyl (C=O) groups excluding carboxylic acids is 3. The quantitative estimate of drug-likeness (QED) is 0.402. The average Bonchev–Trinajstić information content (AvgIpc) is 3.19. The zero-order valence-corrected chi connectivity index (χ0v) is 21.1. The highest BCUT2D eigenvalue weighted by molar-refractivity contribution is 6.07. The molecule has 1 atom stereocenters. The van der Waals surface area contributed by atoms with Gasteiger partial charge in [0.2, 0.25) is 0 Å². The molecule has 188 valence electrons. The second-order valence-corrected chi connectivity index (χ2v) is 9.83. The van der Waals surface area contributed by atoms with E-state index in [-0.39, 0.29) is 30.3 Å². The fraction of sp³-hybridized carbons (Fsp3) is 0.323. The number of piperidine rings is 1. The number of rotatable bonds is 6. The number of fused-ring (bicyclic) bond motifs is 1. The maximum absolute atomic E-state index is 13.7. The summed E-state index contributed by atoms with van der Waals surface area (Å²) >= 11 is 0. The van der Waals surface area contributed by atoms with Crippen LogP contribution in [-0.4, -0.2) is 52.8 Å². The molecule has 2 heterocycles. The molecule has 1 N–H and O–H groups in total. The molecule has 3 aromatic rings. The van der Waals surface area contributed by atoms with Gasteiger partial charge in [0.15, 0.2) is 0 Å². The molecule has 0 aromatic heterocycles. The Labute approximate surface area is 217 Å². The Morgan fingerprint density at radius 1 is 0.973 bits per heavy atom. The van der Waals surface area contributed by atoms with Crippen molar-refractivity contribution < 1.29 is 14.4 Å². The first-order chi connectivity index (χ1) is 18.0. The van der Waals surface area contributed by atoms with Crippen LogP contribution < -0.4 is 5.32 Å². The van der Waals surface area contributed by atoms with E-state index in [0.717, 1.165) is 16.3 Å². The second kappa shape index (κ2) is 10.5. The molecule has 2 fully saturated rings. The van der Waals surface area contributed by atoms with Gasteiger partial charge in [0.1, 0.15) is 5.54 Å². The first kappa shape index (κ1) is 24.6. The summed E-state index contributed by atoms with van der Waals surface area (Å²) in [6.07, 6.45) is 2.48. The van der Waals surface area contributed by atoms with E-state index in [2.05, 4.69) is 17.2 Å². The summed E-state index contributed by atoms with van der Waals surface area (Å²) in [5, 5.41) is 5.22. The highest BCUT2D eigenvalue weighted by Crippen LogP contribution is 2.37. The zero-order valence-electron chi connectivity index (χ0n) is 21.1. The predicted molar refractivity (Wildman–Crippen MR) is 144 cm³/mol. The minimum Gasteiger partial charge on any atom is -0.339 e. The number of amides is 4. The minimum absolute atomic E-state index is 0.00386. The monoisotopic (exact) mass is 493 g/mol. The Kier molecular flexibility index (Phi) is 6.96. The van der Waals surface area contributed by atoms with Crippen LogP contribution in [0.25, 0.3) is 10.8 Å². The molecule has 0 saturated carbocycles. The van der Waals surface area contributed by atoms with Crippen molar-refractivity contribution in [1.82, 2.24) is 15.1 Å². The number of nitrogens with one attached hydrogen (secondary N) is 1. The molecular formula is C31H31N3O3. The molecule has 0 radical (unpaired) electrons. The lowest BCUT2D eigenvalue weighted by Crippen LogP contribution is -2.56. The minimum atomic E-state index is -0.986. The molecule has 2 saturated heterocycles. The van der Waals surface area contributed by atoms with E-state index in [4.69, 9.17) is 0 Å². The highest BCUT2D eigenvalue weighted by atomic mass is 16.2. The van der Waals surface area contributed by atoms with Crippen molar-refractivity contribution in [2.45, 2.75) is 38.1 Å². The lowest BCUT2D eigenvalue weighted by atomic mass is 9.74. The Bertz CT molecular complexity index is 1380. The Hall–Kier alpha value is -4.11. The molecule has 3 aromatic carbocycles. The van der Waals surface area contributed by atoms with Crippen LogP contribution in [0.3, 0.4) is 0 Å². The summed E-state index contributed by atoms with van der Waals surface area (Å²) in [5.74, 6) is 5.38. The number of hydrogen-bond donors (Lipinski definition) is 1. The molecule has 2 aliphatic heterocycles. The third kappa shape index (κ3) is 4.82. The Balaban J connectivity index is 1.34. The van der Waals surface area contributed by atoms with Gasteiger partial charge in [0.25, 0.3) is 11.8 Å². The summed E-state index contributed by atoms with van der Waals surface area (Å²) in [5.41, 5.74) is 0.811. The van der Waals surface area contributed by atoms with Crippen LogP contribution in [0.2, 0.25) is 0 Å². The van der Waals surface area contributed by atoms with E-state index in [9.17, 15) is 14.4 Å². The molecule has 0 aliphatic carbocycles. The fourth-order valence-electron chi connectivity index (χ4n) is 5.66. The number of urea groups is 1. The molecule has 4 amide bonds. The Morgan fingerprint density at radius 2 is 1.68 bits per heavy atom. The molecule has 6 heteroatoms. The van der Waals surface area contributed by atoms with E-state index in [1.54, 1.807) is 6.92 Å². The molecule has 0 spiro atoms. The van der Waals surface area contributed by atoms with Gasteiger partial charge in [-0.05, 0) is 67.0 Å². The van der Waals surface area contributed by atoms with Crippen LogP contribution in [0.4, 0.5) is 4.79 Å². The maximum Gasteiger partial charge on any atom is 0.325 e. The molecule has 1 unspecified atom stereocenters. The van der Waals surface area contributed by atoms with Gasteiger partial charge >= 0.3 is 6.03 Å². The molecule has 0 bridgehead atoms. The summed E-state index contributed by atoms with van der Waals surface area (Å²) in [6.45, 7) is 2.87. The fourth-order valence-corrected chi connectivity index (χ4v) is 5.66. The number of hydrogen-bond acceptors (Lipinski definition) is 3. The van der Waals surface area contributed by atoms with Gasteiger partial charge in [-0.2, -0.15) is 0 Å². The summed E-state index contributed by atoms with van der Waals surface area (Å²) < 4.78 is 0. The maximum atomic E-state index is 13.7. The number of benzene rings is 3. The zero-order chi connectivity index (χ0) is 25.8. The Morgan fingerprint density at radius 3 is 2.41 bits per heavy atom. The number of likely N-dealkylation sites (tertiary alicyclic amines) is 1. The highest BCUT2D eigenvalue weighted by Gasteiger charge is 2.55. The predicted octanol–water partition coefficient (Wildman–Crippen LogP) is 4.64. The number of aryl methyl sites for hydroxylation is 1. The second-order valence-electron chi connectivity index (χ2n) is 9.83. The van der Waals surface area contributed by atoms with Gasteiger partial charge in [-0.1, -0.05) is 66.6 Å². The molecule has 5 rings (SSSR count). The normalized spacial score (nSPS) is 20.0. The van der Waals surface area contributed by atoms with Crippen LogP contribution in [0, 0.1) is 17.8 Å². The summed E-state index contributed by atoms with van der Waals surface area (Å²) in [7, 11) is 0. The summed E-state index contributed by atoms with van der Waals surface area (Å²) in [4.78, 5) is 43.0. The van der Waals surface area contributed by atoms with Gasteiger partial charge in [-0.3, -0.25) is 14.5 Å². The molecule has 37 heavy (non-hydrogen) atoms. The van der Waals surface area contributed by atoms with E-state index >= 15 is 0 Å². The van der Waals surface area contributed by atoms with Crippen molar-refractivity contribution in [3.05, 3.63) is 83.9 Å². The van der Waals surface area contributed by atoms with Crippen LogP contribution in [-0.2, 0) is 11.2 Å². The SMILES string of the molecule is CC#CCN1C(=O)NC(CCc2ccccc2)(C2CCN(C(=O)c3ccc4ccccc4c3)CC2)C1=O. The van der Waals surface area contributed by atoms with Crippen molar-refractivity contribution in [3.8, 4) is 11.8 Å². The third-order valence-corrected chi connectivity index (χ3v) is 7.74. The lowest BCUT2D eigenvalue weighted by Gasteiger charge is -2.41. The molecule has 6 nitrogen and oxygen atoms in total. The van der Waals surface area contributed by atoms with E-state index < -0.39 is 5.54 Å². The number of carbonyl (C=O) groups is 3. The van der Waals surface area contributed by atoms with Crippen molar-refractivity contribution in [1.29, 1.82) is 0 Å². The average molecular weight is 494 g/mol. The van der Waals surface area contributed by atoms with E-state index in [0.29, 0.717) is 44.3 Å². The summed E-state index contributed by atoms with van der Waals surface area (Å²) in [6, 6.07) is 23.4. The van der Waals surface area contributed by atoms with Crippen molar-refractivity contribution in [2.24, 2.45) is 5.92 Å². The first-order valence-corrected chi connectivity index (χ1v) is 12.9. The number of imide groups is 1. The lowest BCUT2D eigenvalue weighted by molar-refractivity contribution is -0.133. The van der Waals surface area contributed by atoms with Gasteiger partial charge in [-0.25, -0.2) is 4.79 Å². The first-order valence-electron chi connectivity index (χ1n) is 12.9. The topological polar surface area (TPSA) is 69.7 Å². The van der Waals surface area contributed by atoms with Crippen LogP contribution in [0.1, 0.15) is 42.1 Å². The van der Waals surface area contributed by atoms with E-state index in [1.807, 2.05) is 77.7 Å². The van der Waals surface area contributed by atoms with Crippen molar-refractivity contribution in [3.63, 3.8) is 0 Å².